The first-order valence-electron chi connectivity index (χ1n) is 10.6. The Bertz CT molecular complexity index is 1150. The third-order valence-electron chi connectivity index (χ3n) is 5.27. The summed E-state index contributed by atoms with van der Waals surface area (Å²) in [6.45, 7) is 6.15. The Morgan fingerprint density at radius 2 is 1.71 bits per heavy atom. The molecule has 2 aromatic carbocycles. The Labute approximate surface area is 180 Å². The summed E-state index contributed by atoms with van der Waals surface area (Å²) in [6.07, 6.45) is 1.79. The second kappa shape index (κ2) is 8.61. The zero-order valence-electron chi connectivity index (χ0n) is 17.5. The van der Waals surface area contributed by atoms with Gasteiger partial charge in [-0.2, -0.15) is 9.97 Å². The molecule has 3 heterocycles. The van der Waals surface area contributed by atoms with Crippen molar-refractivity contribution in [1.82, 2.24) is 19.5 Å². The summed E-state index contributed by atoms with van der Waals surface area (Å²) < 4.78 is 7.42. The molecule has 0 bridgehead atoms. The van der Waals surface area contributed by atoms with E-state index in [9.17, 15) is 0 Å². The molecule has 8 nitrogen and oxygen atoms in total. The van der Waals surface area contributed by atoms with Gasteiger partial charge in [0.25, 0.3) is 0 Å². The van der Waals surface area contributed by atoms with Crippen LogP contribution in [0.5, 0.6) is 0 Å². The van der Waals surface area contributed by atoms with Gasteiger partial charge in [0.15, 0.2) is 17.0 Å². The van der Waals surface area contributed by atoms with E-state index in [1.165, 1.54) is 5.69 Å². The van der Waals surface area contributed by atoms with Crippen molar-refractivity contribution in [2.24, 2.45) is 0 Å². The predicted molar refractivity (Wildman–Crippen MR) is 124 cm³/mol. The van der Waals surface area contributed by atoms with Gasteiger partial charge in [0.1, 0.15) is 6.33 Å². The normalized spacial score (nSPS) is 14.0. The minimum absolute atomic E-state index is 0.570. The lowest BCUT2D eigenvalue weighted by Gasteiger charge is -2.28. The molecule has 31 heavy (non-hydrogen) atoms. The molecule has 0 unspecified atom stereocenters. The van der Waals surface area contributed by atoms with E-state index in [2.05, 4.69) is 49.8 Å². The number of nitrogens with zero attached hydrogens (tertiary/aromatic N) is 5. The van der Waals surface area contributed by atoms with Crippen molar-refractivity contribution in [3.63, 3.8) is 0 Å². The maximum absolute atomic E-state index is 5.45. The van der Waals surface area contributed by atoms with Gasteiger partial charge in [-0.05, 0) is 43.3 Å². The Hall–Kier alpha value is -3.65. The van der Waals surface area contributed by atoms with E-state index in [1.54, 1.807) is 6.33 Å². The van der Waals surface area contributed by atoms with Crippen molar-refractivity contribution in [3.8, 4) is 5.69 Å². The fourth-order valence-electron chi connectivity index (χ4n) is 3.72. The highest BCUT2D eigenvalue weighted by molar-refractivity contribution is 5.87. The second-order valence-electron chi connectivity index (χ2n) is 7.32. The van der Waals surface area contributed by atoms with Crippen LogP contribution in [0.4, 0.5) is 23.1 Å². The lowest BCUT2D eigenvalue weighted by Crippen LogP contribution is -2.36. The molecule has 0 saturated carbocycles. The summed E-state index contributed by atoms with van der Waals surface area (Å²) in [5.74, 6) is 1.25. The van der Waals surface area contributed by atoms with Crippen molar-refractivity contribution in [2.45, 2.75) is 6.92 Å². The number of fused-ring (bicyclic) bond motifs is 1. The molecule has 2 N–H and O–H groups in total. The number of benzene rings is 2. The van der Waals surface area contributed by atoms with Gasteiger partial charge in [0.05, 0.1) is 13.2 Å². The topological polar surface area (TPSA) is 80.1 Å². The predicted octanol–water partition coefficient (Wildman–Crippen LogP) is 3.83. The number of aromatic nitrogens is 4. The number of ether oxygens (including phenoxy) is 1. The van der Waals surface area contributed by atoms with E-state index in [4.69, 9.17) is 9.72 Å². The highest BCUT2D eigenvalue weighted by Crippen LogP contribution is 2.27. The summed E-state index contributed by atoms with van der Waals surface area (Å²) in [5.41, 5.74) is 4.64. The Kier molecular flexibility index (Phi) is 5.37. The van der Waals surface area contributed by atoms with Crippen LogP contribution in [0.25, 0.3) is 16.9 Å². The number of hydrogen-bond donors (Lipinski definition) is 2. The number of anilines is 4. The number of nitrogens with one attached hydrogen (secondary N) is 2. The van der Waals surface area contributed by atoms with Gasteiger partial charge in [-0.1, -0.05) is 18.2 Å². The fourth-order valence-corrected chi connectivity index (χ4v) is 3.72. The van der Waals surface area contributed by atoms with Gasteiger partial charge in [0, 0.05) is 36.7 Å². The number of rotatable bonds is 6. The summed E-state index contributed by atoms with van der Waals surface area (Å²) in [7, 11) is 0. The van der Waals surface area contributed by atoms with E-state index < -0.39 is 0 Å². The minimum Gasteiger partial charge on any atom is -0.378 e. The Morgan fingerprint density at radius 1 is 0.935 bits per heavy atom. The van der Waals surface area contributed by atoms with Crippen LogP contribution in [0.2, 0.25) is 0 Å². The summed E-state index contributed by atoms with van der Waals surface area (Å²) in [5, 5.41) is 6.66. The molecule has 1 saturated heterocycles. The fraction of sp³-hybridized carbons (Fsp3) is 0.261. The number of para-hydroxylation sites is 1. The first kappa shape index (κ1) is 19.3. The van der Waals surface area contributed by atoms with Crippen LogP contribution in [0.3, 0.4) is 0 Å². The third kappa shape index (κ3) is 4.02. The number of morpholine rings is 1. The van der Waals surface area contributed by atoms with Gasteiger partial charge in [-0.15, -0.1) is 0 Å². The first-order valence-corrected chi connectivity index (χ1v) is 10.6. The molecule has 8 heteroatoms. The monoisotopic (exact) mass is 415 g/mol. The highest BCUT2D eigenvalue weighted by Gasteiger charge is 2.15. The zero-order valence-corrected chi connectivity index (χ0v) is 17.5. The first-order chi connectivity index (χ1) is 15.3. The molecule has 158 valence electrons. The van der Waals surface area contributed by atoms with Crippen molar-refractivity contribution < 1.29 is 4.74 Å². The molecule has 0 spiro atoms. The van der Waals surface area contributed by atoms with E-state index in [-0.39, 0.29) is 0 Å². The lowest BCUT2D eigenvalue weighted by atomic mass is 10.2. The minimum atomic E-state index is 0.570. The highest BCUT2D eigenvalue weighted by atomic mass is 16.5. The molecule has 2 aromatic heterocycles. The maximum Gasteiger partial charge on any atom is 0.226 e. The molecule has 5 rings (SSSR count). The molecular weight excluding hydrogens is 390 g/mol. The summed E-state index contributed by atoms with van der Waals surface area (Å²) in [4.78, 5) is 16.3. The van der Waals surface area contributed by atoms with E-state index in [0.717, 1.165) is 55.4 Å². The molecule has 4 aromatic rings. The van der Waals surface area contributed by atoms with E-state index in [1.807, 2.05) is 41.8 Å². The van der Waals surface area contributed by atoms with Crippen molar-refractivity contribution >= 4 is 34.3 Å². The van der Waals surface area contributed by atoms with Crippen LogP contribution in [0.15, 0.2) is 60.9 Å². The van der Waals surface area contributed by atoms with E-state index in [0.29, 0.717) is 11.8 Å². The molecule has 0 aliphatic carbocycles. The average Bonchev–Trinajstić information content (AvgIpc) is 3.25. The van der Waals surface area contributed by atoms with Crippen LogP contribution in [-0.2, 0) is 4.74 Å². The van der Waals surface area contributed by atoms with Gasteiger partial charge >= 0.3 is 0 Å². The Morgan fingerprint density at radius 3 is 2.45 bits per heavy atom. The summed E-state index contributed by atoms with van der Waals surface area (Å²) >= 11 is 0. The van der Waals surface area contributed by atoms with Gasteiger partial charge in [-0.3, -0.25) is 4.57 Å². The van der Waals surface area contributed by atoms with Crippen LogP contribution < -0.4 is 15.5 Å². The van der Waals surface area contributed by atoms with E-state index >= 15 is 0 Å². The third-order valence-corrected chi connectivity index (χ3v) is 5.27. The standard InChI is InChI=1S/C23H25N7O/c1-2-24-23-27-21(20-22(28-23)30(16-25-20)19-6-4-3-5-7-19)26-17-8-10-18(11-9-17)29-12-14-31-15-13-29/h3-11,16H,2,12-15H2,1H3,(H2,24,26,27,28). The molecule has 0 atom stereocenters. The van der Waals surface area contributed by atoms with Crippen molar-refractivity contribution in [2.75, 3.05) is 48.4 Å². The molecule has 0 radical (unpaired) electrons. The van der Waals surface area contributed by atoms with Gasteiger partial charge in [0.2, 0.25) is 5.95 Å². The Balaban J connectivity index is 1.48. The molecule has 1 fully saturated rings. The zero-order chi connectivity index (χ0) is 21.0. The van der Waals surface area contributed by atoms with Gasteiger partial charge in [-0.25, -0.2) is 4.98 Å². The quantitative estimate of drug-likeness (QED) is 0.495. The average molecular weight is 416 g/mol. The molecular formula is C23H25N7O. The SMILES string of the molecule is CCNc1nc(Nc2ccc(N3CCOCC3)cc2)c2ncn(-c3ccccc3)c2n1. The molecule has 1 aliphatic heterocycles. The van der Waals surface area contributed by atoms with Gasteiger partial charge < -0.3 is 20.3 Å². The van der Waals surface area contributed by atoms with Crippen molar-refractivity contribution in [3.05, 3.63) is 60.9 Å². The van der Waals surface area contributed by atoms with Crippen LogP contribution in [0, 0.1) is 0 Å². The van der Waals surface area contributed by atoms with Crippen LogP contribution >= 0.6 is 0 Å². The number of imidazole rings is 1. The maximum atomic E-state index is 5.45. The smallest absolute Gasteiger partial charge is 0.226 e. The molecule has 0 amide bonds. The van der Waals surface area contributed by atoms with Crippen LogP contribution in [-0.4, -0.2) is 52.4 Å². The molecule has 1 aliphatic rings. The number of hydrogen-bond acceptors (Lipinski definition) is 7. The second-order valence-corrected chi connectivity index (χ2v) is 7.32. The lowest BCUT2D eigenvalue weighted by molar-refractivity contribution is 0.122. The largest absolute Gasteiger partial charge is 0.378 e. The van der Waals surface area contributed by atoms with Crippen molar-refractivity contribution in [1.29, 1.82) is 0 Å². The summed E-state index contributed by atoms with van der Waals surface area (Å²) in [6, 6.07) is 18.5. The van der Waals surface area contributed by atoms with Crippen LogP contribution in [0.1, 0.15) is 6.92 Å².